The van der Waals surface area contributed by atoms with Crippen LogP contribution in [-0.4, -0.2) is 34.8 Å². The first-order valence-electron chi connectivity index (χ1n) is 10.4. The third kappa shape index (κ3) is 6.58. The number of alkyl halides is 6. The smallest absolute Gasteiger partial charge is 0.484 e. The Morgan fingerprint density at radius 3 is 2.26 bits per heavy atom. The van der Waals surface area contributed by atoms with Gasteiger partial charge in [0.25, 0.3) is 0 Å². The second-order valence-corrected chi connectivity index (χ2v) is 7.50. The van der Waals surface area contributed by atoms with Crippen LogP contribution in [0.4, 0.5) is 35.1 Å². The van der Waals surface area contributed by atoms with Crippen molar-refractivity contribution in [2.75, 3.05) is 7.11 Å². The van der Waals surface area contributed by atoms with Gasteiger partial charge in [0, 0.05) is 12.3 Å². The molecule has 7 nitrogen and oxygen atoms in total. The van der Waals surface area contributed by atoms with Crippen molar-refractivity contribution >= 4 is 11.9 Å². The SMILES string of the molecule is COc1ccc(-n2ccc(C(F)(F)F)c2COc2ccc(CCC(=O)OC(=O)C(F)(F)F)c(F)c2F)cn1. The van der Waals surface area contributed by atoms with Crippen molar-refractivity contribution in [1.82, 2.24) is 9.55 Å². The van der Waals surface area contributed by atoms with E-state index in [2.05, 4.69) is 9.72 Å². The molecule has 0 spiro atoms. The average Bonchev–Trinajstić information content (AvgIpc) is 3.28. The number of nitrogens with zero attached hydrogens (tertiary/aromatic N) is 2. The van der Waals surface area contributed by atoms with E-state index in [9.17, 15) is 44.7 Å². The van der Waals surface area contributed by atoms with Crippen LogP contribution >= 0.6 is 0 Å². The maximum atomic E-state index is 14.6. The van der Waals surface area contributed by atoms with Gasteiger partial charge in [0.05, 0.1) is 36.7 Å². The largest absolute Gasteiger partial charge is 0.491 e. The summed E-state index contributed by atoms with van der Waals surface area (Å²) in [5, 5.41) is 0. The van der Waals surface area contributed by atoms with Crippen LogP contribution in [0.1, 0.15) is 23.2 Å². The molecular formula is C23H16F8N2O5. The highest BCUT2D eigenvalue weighted by molar-refractivity contribution is 5.88. The van der Waals surface area contributed by atoms with Crippen molar-refractivity contribution in [2.24, 2.45) is 0 Å². The zero-order chi connectivity index (χ0) is 28.3. The van der Waals surface area contributed by atoms with Gasteiger partial charge in [-0.2, -0.15) is 30.7 Å². The lowest BCUT2D eigenvalue weighted by Gasteiger charge is -2.15. The van der Waals surface area contributed by atoms with Crippen LogP contribution in [0.3, 0.4) is 0 Å². The van der Waals surface area contributed by atoms with E-state index in [1.807, 2.05) is 0 Å². The number of aromatic nitrogens is 2. The first-order valence-corrected chi connectivity index (χ1v) is 10.4. The summed E-state index contributed by atoms with van der Waals surface area (Å²) in [6.45, 7) is -0.852. The summed E-state index contributed by atoms with van der Waals surface area (Å²) in [6.07, 6.45) is -9.44. The van der Waals surface area contributed by atoms with Crippen molar-refractivity contribution in [3.05, 3.63) is 71.2 Å². The maximum Gasteiger partial charge on any atom is 0.491 e. The molecule has 1 aromatic carbocycles. The third-order valence-corrected chi connectivity index (χ3v) is 5.03. The second-order valence-electron chi connectivity index (χ2n) is 7.50. The Labute approximate surface area is 208 Å². The quantitative estimate of drug-likeness (QED) is 0.214. The normalized spacial score (nSPS) is 11.8. The van der Waals surface area contributed by atoms with Crippen molar-refractivity contribution < 1.29 is 58.9 Å². The number of ether oxygens (including phenoxy) is 3. The van der Waals surface area contributed by atoms with E-state index in [0.717, 1.165) is 29.0 Å². The minimum absolute atomic E-state index is 0.192. The molecule has 0 atom stereocenters. The first-order chi connectivity index (χ1) is 17.7. The summed E-state index contributed by atoms with van der Waals surface area (Å²) in [7, 11) is 1.35. The molecule has 2 heterocycles. The molecule has 0 fully saturated rings. The molecule has 15 heteroatoms. The van der Waals surface area contributed by atoms with Gasteiger partial charge < -0.3 is 18.8 Å². The van der Waals surface area contributed by atoms with E-state index in [1.165, 1.54) is 25.4 Å². The molecule has 0 aliphatic rings. The molecule has 0 saturated carbocycles. The number of halogens is 8. The monoisotopic (exact) mass is 552 g/mol. The number of rotatable bonds is 8. The molecule has 0 aliphatic carbocycles. The Balaban J connectivity index is 1.77. The van der Waals surface area contributed by atoms with Crippen LogP contribution in [0.2, 0.25) is 0 Å². The second kappa shape index (κ2) is 11.1. The van der Waals surface area contributed by atoms with Crippen molar-refractivity contribution in [3.63, 3.8) is 0 Å². The van der Waals surface area contributed by atoms with Crippen LogP contribution in [0.15, 0.2) is 42.7 Å². The van der Waals surface area contributed by atoms with E-state index < -0.39 is 77.9 Å². The zero-order valence-corrected chi connectivity index (χ0v) is 19.1. The molecule has 0 aliphatic heterocycles. The van der Waals surface area contributed by atoms with E-state index in [0.29, 0.717) is 0 Å². The van der Waals surface area contributed by atoms with Crippen LogP contribution in [-0.2, 0) is 33.5 Å². The Kier molecular flexibility index (Phi) is 8.27. The average molecular weight is 552 g/mol. The Hall–Kier alpha value is -4.17. The number of esters is 2. The number of carbonyl (C=O) groups excluding carboxylic acids is 2. The highest BCUT2D eigenvalue weighted by atomic mass is 19.4. The molecule has 2 aromatic heterocycles. The van der Waals surface area contributed by atoms with Crippen molar-refractivity contribution in [3.8, 4) is 17.3 Å². The van der Waals surface area contributed by atoms with Crippen LogP contribution in [0.5, 0.6) is 11.6 Å². The van der Waals surface area contributed by atoms with Crippen molar-refractivity contribution in [2.45, 2.75) is 31.8 Å². The van der Waals surface area contributed by atoms with E-state index in [-0.39, 0.29) is 11.6 Å². The topological polar surface area (TPSA) is 79.6 Å². The standard InChI is InChI=1S/C23H16F8N2O5/c1-36-17-6-4-13(10-32-17)33-9-8-14(22(26,27)28)15(33)11-37-16-5-2-12(19(24)20(16)25)3-7-18(34)38-21(35)23(29,30)31/h2,4-6,8-10H,3,7,11H2,1H3. The molecule has 0 N–H and O–H groups in total. The van der Waals surface area contributed by atoms with Crippen molar-refractivity contribution in [1.29, 1.82) is 0 Å². The summed E-state index contributed by atoms with van der Waals surface area (Å²) in [5.41, 5.74) is -1.84. The highest BCUT2D eigenvalue weighted by Gasteiger charge is 2.42. The molecule has 0 saturated heterocycles. The molecule has 0 radical (unpaired) electrons. The predicted molar refractivity (Wildman–Crippen MR) is 111 cm³/mol. The molecule has 0 amide bonds. The van der Waals surface area contributed by atoms with Crippen LogP contribution in [0.25, 0.3) is 5.69 Å². The van der Waals surface area contributed by atoms with E-state index >= 15 is 0 Å². The Bertz CT molecular complexity index is 1320. The summed E-state index contributed by atoms with van der Waals surface area (Å²) in [4.78, 5) is 25.9. The number of methoxy groups -OCH3 is 1. The van der Waals surface area contributed by atoms with Gasteiger partial charge in [-0.1, -0.05) is 6.07 Å². The summed E-state index contributed by atoms with van der Waals surface area (Å²) < 4.78 is 121. The molecule has 3 aromatic rings. The summed E-state index contributed by atoms with van der Waals surface area (Å²) in [5.74, 6) is -8.11. The fourth-order valence-electron chi connectivity index (χ4n) is 3.22. The maximum absolute atomic E-state index is 14.6. The Morgan fingerprint density at radius 2 is 1.68 bits per heavy atom. The van der Waals surface area contributed by atoms with Crippen LogP contribution in [0, 0.1) is 11.6 Å². The van der Waals surface area contributed by atoms with Gasteiger partial charge in [0.15, 0.2) is 11.6 Å². The highest BCUT2D eigenvalue weighted by Crippen LogP contribution is 2.35. The number of benzene rings is 1. The third-order valence-electron chi connectivity index (χ3n) is 5.03. The Morgan fingerprint density at radius 1 is 0.974 bits per heavy atom. The van der Waals surface area contributed by atoms with E-state index in [4.69, 9.17) is 9.47 Å². The molecule has 0 bridgehead atoms. The fourth-order valence-corrected chi connectivity index (χ4v) is 3.22. The number of aryl methyl sites for hydroxylation is 1. The van der Waals surface area contributed by atoms with Gasteiger partial charge in [0.1, 0.15) is 6.61 Å². The number of hydrogen-bond acceptors (Lipinski definition) is 6. The number of hydrogen-bond donors (Lipinski definition) is 0. The first kappa shape index (κ1) is 28.4. The predicted octanol–water partition coefficient (Wildman–Crippen LogP) is 5.32. The van der Waals surface area contributed by atoms with Gasteiger partial charge in [-0.15, -0.1) is 0 Å². The number of pyridine rings is 1. The van der Waals surface area contributed by atoms with E-state index in [1.54, 1.807) is 0 Å². The van der Waals surface area contributed by atoms with Crippen LogP contribution < -0.4 is 9.47 Å². The minimum Gasteiger partial charge on any atom is -0.484 e. The lowest BCUT2D eigenvalue weighted by molar-refractivity contribution is -0.201. The summed E-state index contributed by atoms with van der Waals surface area (Å²) >= 11 is 0. The lowest BCUT2D eigenvalue weighted by atomic mass is 10.1. The lowest BCUT2D eigenvalue weighted by Crippen LogP contribution is -2.28. The molecular weight excluding hydrogens is 536 g/mol. The molecule has 0 unspecified atom stereocenters. The van der Waals surface area contributed by atoms with Gasteiger partial charge in [-0.3, -0.25) is 4.79 Å². The van der Waals surface area contributed by atoms with Gasteiger partial charge in [0.2, 0.25) is 11.7 Å². The minimum atomic E-state index is -5.41. The fraction of sp³-hybridized carbons (Fsp3) is 0.261. The molecule has 3 rings (SSSR count). The zero-order valence-electron chi connectivity index (χ0n) is 19.1. The van der Waals surface area contributed by atoms with Gasteiger partial charge in [-0.25, -0.2) is 14.2 Å². The molecule has 204 valence electrons. The molecule has 38 heavy (non-hydrogen) atoms. The van der Waals surface area contributed by atoms with Gasteiger partial charge in [-0.05, 0) is 30.2 Å². The summed E-state index contributed by atoms with van der Waals surface area (Å²) in [6, 6.07) is 5.37. The van der Waals surface area contributed by atoms with Gasteiger partial charge >= 0.3 is 24.3 Å². The number of carbonyl (C=O) groups is 2.